The standard InChI is InChI=1S/C32H36N4O6S/c1-19-16-20(2)29(21(3)17-19)43(40,41)36-31-33-15-14-22(34-31)12-13-28(30(37)38)35-32(39)42-18-27-25-10-6-4-8-23(25)24-9-5-7-11-26(24)27/h4-11,16-17,22,27-28H,12-15,18H2,1-3H3,(H,35,39)(H,37,38)(H2,33,34,36)/t22?,28-/m0/s1. The number of guanidine groups is 1. The van der Waals surface area contributed by atoms with Crippen LogP contribution in [0, 0.1) is 20.8 Å². The molecule has 10 nitrogen and oxygen atoms in total. The molecular weight excluding hydrogens is 568 g/mol. The van der Waals surface area contributed by atoms with Crippen LogP contribution < -0.4 is 15.4 Å². The number of carbonyl (C=O) groups excluding carboxylic acids is 1. The summed E-state index contributed by atoms with van der Waals surface area (Å²) in [5.74, 6) is -1.20. The average Bonchev–Trinajstić information content (AvgIpc) is 3.27. The molecule has 5 rings (SSSR count). The number of carboxylic acid groups (broad SMARTS) is 1. The third-order valence-electron chi connectivity index (χ3n) is 7.93. The van der Waals surface area contributed by atoms with Crippen molar-refractivity contribution in [2.75, 3.05) is 13.2 Å². The van der Waals surface area contributed by atoms with E-state index in [-0.39, 0.29) is 35.8 Å². The molecule has 3 aromatic carbocycles. The predicted molar refractivity (Wildman–Crippen MR) is 164 cm³/mol. The molecule has 4 N–H and O–H groups in total. The van der Waals surface area contributed by atoms with Crippen molar-refractivity contribution in [1.82, 2.24) is 15.4 Å². The molecular formula is C32H36N4O6S. The highest BCUT2D eigenvalue weighted by atomic mass is 32.2. The summed E-state index contributed by atoms with van der Waals surface area (Å²) in [7, 11) is -3.88. The molecule has 1 amide bonds. The Morgan fingerprint density at radius 2 is 1.63 bits per heavy atom. The summed E-state index contributed by atoms with van der Waals surface area (Å²) in [6.07, 6.45) is 0.271. The molecule has 0 saturated heterocycles. The molecule has 43 heavy (non-hydrogen) atoms. The first-order valence-electron chi connectivity index (χ1n) is 14.3. The van der Waals surface area contributed by atoms with Crippen molar-refractivity contribution in [2.24, 2.45) is 4.99 Å². The number of ether oxygens (including phenoxy) is 1. The van der Waals surface area contributed by atoms with Crippen LogP contribution in [-0.2, 0) is 19.6 Å². The number of aliphatic carboxylic acids is 1. The number of carbonyl (C=O) groups is 2. The minimum Gasteiger partial charge on any atom is -0.480 e. The van der Waals surface area contributed by atoms with Crippen molar-refractivity contribution in [2.45, 2.75) is 62.9 Å². The number of amides is 1. The van der Waals surface area contributed by atoms with Gasteiger partial charge in [0.25, 0.3) is 10.0 Å². The number of benzene rings is 3. The van der Waals surface area contributed by atoms with E-state index >= 15 is 0 Å². The molecule has 0 spiro atoms. The quantitative estimate of drug-likeness (QED) is 0.284. The normalized spacial score (nSPS) is 16.7. The highest BCUT2D eigenvalue weighted by Crippen LogP contribution is 2.44. The van der Waals surface area contributed by atoms with Crippen molar-refractivity contribution < 1.29 is 27.9 Å². The Hall–Kier alpha value is -4.38. The lowest BCUT2D eigenvalue weighted by Gasteiger charge is -2.26. The number of alkyl carbamates (subject to hydrolysis) is 1. The Morgan fingerprint density at radius 1 is 1.02 bits per heavy atom. The van der Waals surface area contributed by atoms with Crippen molar-refractivity contribution in [3.05, 3.63) is 88.5 Å². The number of rotatable bonds is 9. The number of fused-ring (bicyclic) bond motifs is 3. The molecule has 1 aliphatic heterocycles. The third-order valence-corrected chi connectivity index (χ3v) is 9.57. The van der Waals surface area contributed by atoms with Gasteiger partial charge in [-0.15, -0.1) is 0 Å². The SMILES string of the molecule is Cc1cc(C)c(S(=O)(=O)NC2=NCCC(CC[C@H](NC(=O)OCC3c4ccccc4-c4ccccc43)C(=O)O)N2)c(C)c1. The number of aryl methyl sites for hydroxylation is 3. The highest BCUT2D eigenvalue weighted by Gasteiger charge is 2.30. The van der Waals surface area contributed by atoms with E-state index < -0.39 is 28.1 Å². The first kappa shape index (κ1) is 30.1. The average molecular weight is 605 g/mol. The highest BCUT2D eigenvalue weighted by molar-refractivity contribution is 7.90. The lowest BCUT2D eigenvalue weighted by atomic mass is 9.98. The van der Waals surface area contributed by atoms with Crippen molar-refractivity contribution in [3.8, 4) is 11.1 Å². The predicted octanol–water partition coefficient (Wildman–Crippen LogP) is 4.38. The van der Waals surface area contributed by atoms with Gasteiger partial charge >= 0.3 is 12.1 Å². The summed E-state index contributed by atoms with van der Waals surface area (Å²) in [6.45, 7) is 5.87. The van der Waals surface area contributed by atoms with Gasteiger partial charge in [0.2, 0.25) is 5.96 Å². The van der Waals surface area contributed by atoms with E-state index in [1.165, 1.54) is 0 Å². The summed E-state index contributed by atoms with van der Waals surface area (Å²) < 4.78 is 34.4. The van der Waals surface area contributed by atoms with Crippen LogP contribution in [0.15, 0.2) is 70.6 Å². The molecule has 11 heteroatoms. The summed E-state index contributed by atoms with van der Waals surface area (Å²) in [4.78, 5) is 29.2. The van der Waals surface area contributed by atoms with Gasteiger partial charge < -0.3 is 20.5 Å². The maximum atomic E-state index is 13.2. The third kappa shape index (κ3) is 6.67. The molecule has 2 atom stereocenters. The van der Waals surface area contributed by atoms with Gasteiger partial charge in [0.05, 0.1) is 4.90 Å². The van der Waals surface area contributed by atoms with E-state index in [4.69, 9.17) is 4.74 Å². The van der Waals surface area contributed by atoms with E-state index in [1.54, 1.807) is 13.8 Å². The molecule has 0 fully saturated rings. The summed E-state index contributed by atoms with van der Waals surface area (Å²) in [6, 6.07) is 18.2. The Labute approximate surface area is 251 Å². The van der Waals surface area contributed by atoms with Crippen LogP contribution in [0.4, 0.5) is 4.79 Å². The minimum atomic E-state index is -3.88. The zero-order valence-electron chi connectivity index (χ0n) is 24.4. The van der Waals surface area contributed by atoms with E-state index in [2.05, 4.69) is 20.3 Å². The largest absolute Gasteiger partial charge is 0.480 e. The van der Waals surface area contributed by atoms with Crippen LogP contribution in [0.3, 0.4) is 0 Å². The molecule has 0 radical (unpaired) electrons. The van der Waals surface area contributed by atoms with E-state index in [0.29, 0.717) is 30.5 Å². The summed E-state index contributed by atoms with van der Waals surface area (Å²) >= 11 is 0. The molecule has 0 bridgehead atoms. The fraction of sp³-hybridized carbons (Fsp3) is 0.344. The monoisotopic (exact) mass is 604 g/mol. The van der Waals surface area contributed by atoms with Crippen LogP contribution in [0.5, 0.6) is 0 Å². The van der Waals surface area contributed by atoms with Gasteiger partial charge in [-0.05, 0) is 73.4 Å². The van der Waals surface area contributed by atoms with Crippen molar-refractivity contribution in [1.29, 1.82) is 0 Å². The molecule has 0 saturated carbocycles. The Kier molecular flexibility index (Phi) is 8.72. The topological polar surface area (TPSA) is 146 Å². The van der Waals surface area contributed by atoms with Crippen LogP contribution in [-0.4, -0.2) is 56.8 Å². The minimum absolute atomic E-state index is 0.0796. The molecule has 2 aliphatic rings. The van der Waals surface area contributed by atoms with Crippen LogP contribution in [0.1, 0.15) is 53.0 Å². The van der Waals surface area contributed by atoms with Crippen molar-refractivity contribution >= 4 is 28.0 Å². The number of aliphatic imine (C=N–C) groups is 1. The van der Waals surface area contributed by atoms with Gasteiger partial charge in [-0.1, -0.05) is 66.2 Å². The van der Waals surface area contributed by atoms with Crippen LogP contribution in [0.2, 0.25) is 0 Å². The van der Waals surface area contributed by atoms with Gasteiger partial charge in [0.15, 0.2) is 0 Å². The lowest BCUT2D eigenvalue weighted by molar-refractivity contribution is -0.139. The van der Waals surface area contributed by atoms with Crippen LogP contribution >= 0.6 is 0 Å². The second kappa shape index (κ2) is 12.5. The van der Waals surface area contributed by atoms with Crippen molar-refractivity contribution in [3.63, 3.8) is 0 Å². The summed E-state index contributed by atoms with van der Waals surface area (Å²) in [5.41, 5.74) is 6.59. The molecule has 1 aliphatic carbocycles. The number of hydrogen-bond acceptors (Lipinski definition) is 7. The molecule has 1 unspecified atom stereocenters. The smallest absolute Gasteiger partial charge is 0.407 e. The second-order valence-corrected chi connectivity index (χ2v) is 12.8. The number of sulfonamides is 1. The molecule has 226 valence electrons. The van der Waals surface area contributed by atoms with Gasteiger partial charge in [-0.2, -0.15) is 0 Å². The van der Waals surface area contributed by atoms with E-state index in [0.717, 1.165) is 27.8 Å². The number of hydrogen-bond donors (Lipinski definition) is 4. The number of nitrogens with one attached hydrogen (secondary N) is 3. The molecule has 0 aromatic heterocycles. The van der Waals surface area contributed by atoms with Gasteiger partial charge in [-0.3, -0.25) is 4.99 Å². The van der Waals surface area contributed by atoms with E-state index in [9.17, 15) is 23.1 Å². The fourth-order valence-corrected chi connectivity index (χ4v) is 7.54. The first-order valence-corrected chi connectivity index (χ1v) is 15.8. The Balaban J connectivity index is 1.15. The number of carboxylic acids is 1. The lowest BCUT2D eigenvalue weighted by Crippen LogP contribution is -2.49. The Bertz CT molecular complexity index is 1620. The van der Waals surface area contributed by atoms with Gasteiger partial charge in [0, 0.05) is 18.5 Å². The van der Waals surface area contributed by atoms with E-state index in [1.807, 2.05) is 67.6 Å². The second-order valence-electron chi connectivity index (χ2n) is 11.1. The first-order chi connectivity index (χ1) is 20.5. The summed E-state index contributed by atoms with van der Waals surface area (Å²) in [5, 5.41) is 15.4. The van der Waals surface area contributed by atoms with Crippen LogP contribution in [0.25, 0.3) is 11.1 Å². The number of nitrogens with zero attached hydrogens (tertiary/aromatic N) is 1. The maximum absolute atomic E-state index is 13.2. The zero-order valence-corrected chi connectivity index (χ0v) is 25.2. The maximum Gasteiger partial charge on any atom is 0.407 e. The zero-order chi connectivity index (χ0) is 30.7. The van der Waals surface area contributed by atoms with Gasteiger partial charge in [0.1, 0.15) is 12.6 Å². The molecule has 1 heterocycles. The molecule has 3 aromatic rings. The Morgan fingerprint density at radius 3 is 2.23 bits per heavy atom. The van der Waals surface area contributed by atoms with Gasteiger partial charge in [-0.25, -0.2) is 22.7 Å². The fourth-order valence-electron chi connectivity index (χ4n) is 6.10.